The molecule has 0 bridgehead atoms. The highest BCUT2D eigenvalue weighted by molar-refractivity contribution is 9.10. The standard InChI is InChI=1S/C14H16BrN3S.2ClH/c15-13-4-3-11(10-17-13)14(12-2-1-9-19-12)18-7-5-16-6-8-18;;/h1-4,9-10,14,16H,5-8H2;2*1H/t14-;;/m0../s1. The second-order valence-corrected chi connectivity index (χ2v) is 6.41. The number of hydrogen-bond donors (Lipinski definition) is 1. The Morgan fingerprint density at radius 3 is 2.52 bits per heavy atom. The Balaban J connectivity index is 0.00000110. The van der Waals surface area contributed by atoms with E-state index < -0.39 is 0 Å². The molecule has 0 saturated carbocycles. The predicted octanol–water partition coefficient (Wildman–Crippen LogP) is 3.74. The van der Waals surface area contributed by atoms with E-state index in [1.807, 2.05) is 23.6 Å². The molecule has 3 heterocycles. The molecule has 0 aliphatic carbocycles. The SMILES string of the molecule is Brc1ccc([C@@H](c2cccs2)N2CCNCC2)cn1.Cl.Cl. The van der Waals surface area contributed by atoms with Crippen LogP contribution in [0.3, 0.4) is 0 Å². The van der Waals surface area contributed by atoms with Gasteiger partial charge in [0.1, 0.15) is 4.60 Å². The van der Waals surface area contributed by atoms with Crippen LogP contribution in [0.25, 0.3) is 0 Å². The second kappa shape index (κ2) is 9.08. The van der Waals surface area contributed by atoms with E-state index in [9.17, 15) is 0 Å². The van der Waals surface area contributed by atoms with Gasteiger partial charge in [-0.15, -0.1) is 36.2 Å². The Bertz CT molecular complexity index is 516. The lowest BCUT2D eigenvalue weighted by atomic mass is 10.0. The molecule has 21 heavy (non-hydrogen) atoms. The van der Waals surface area contributed by atoms with E-state index in [0.29, 0.717) is 6.04 Å². The Labute approximate surface area is 150 Å². The molecule has 1 saturated heterocycles. The number of hydrogen-bond acceptors (Lipinski definition) is 4. The zero-order chi connectivity index (χ0) is 13.1. The molecule has 0 unspecified atom stereocenters. The van der Waals surface area contributed by atoms with Crippen molar-refractivity contribution in [2.24, 2.45) is 0 Å². The molecule has 1 aliphatic rings. The Kier molecular flexibility index (Phi) is 8.16. The molecule has 1 N–H and O–H groups in total. The number of halogens is 3. The summed E-state index contributed by atoms with van der Waals surface area (Å²) in [7, 11) is 0. The van der Waals surface area contributed by atoms with Crippen LogP contribution in [0.5, 0.6) is 0 Å². The molecule has 2 aromatic rings. The molecule has 1 fully saturated rings. The summed E-state index contributed by atoms with van der Waals surface area (Å²) in [4.78, 5) is 8.31. The number of piperazine rings is 1. The maximum atomic E-state index is 4.38. The number of pyridine rings is 1. The molecule has 0 amide bonds. The van der Waals surface area contributed by atoms with Crippen molar-refractivity contribution in [3.8, 4) is 0 Å². The van der Waals surface area contributed by atoms with Crippen molar-refractivity contribution in [1.82, 2.24) is 15.2 Å². The van der Waals surface area contributed by atoms with Gasteiger partial charge in [-0.05, 0) is 39.0 Å². The van der Waals surface area contributed by atoms with Crippen LogP contribution in [0.1, 0.15) is 16.5 Å². The zero-order valence-corrected chi connectivity index (χ0v) is 15.4. The van der Waals surface area contributed by atoms with Crippen molar-refractivity contribution < 1.29 is 0 Å². The van der Waals surface area contributed by atoms with Crippen LogP contribution in [0.15, 0.2) is 40.4 Å². The summed E-state index contributed by atoms with van der Waals surface area (Å²) in [6.07, 6.45) is 1.98. The fraction of sp³-hybridized carbons (Fsp3) is 0.357. The summed E-state index contributed by atoms with van der Waals surface area (Å²) in [5, 5.41) is 5.56. The number of aromatic nitrogens is 1. The number of nitrogens with one attached hydrogen (secondary N) is 1. The first-order valence-corrected chi connectivity index (χ1v) is 8.11. The summed E-state index contributed by atoms with van der Waals surface area (Å²) in [6, 6.07) is 8.88. The van der Waals surface area contributed by atoms with Crippen molar-refractivity contribution >= 4 is 52.1 Å². The second-order valence-electron chi connectivity index (χ2n) is 4.62. The molecule has 7 heteroatoms. The van der Waals surface area contributed by atoms with Crippen molar-refractivity contribution in [2.75, 3.05) is 26.2 Å². The number of nitrogens with zero attached hydrogens (tertiary/aromatic N) is 2. The largest absolute Gasteiger partial charge is 0.314 e. The maximum Gasteiger partial charge on any atom is 0.106 e. The molecule has 2 aromatic heterocycles. The molecule has 116 valence electrons. The quantitative estimate of drug-likeness (QED) is 0.781. The first-order chi connectivity index (χ1) is 9.34. The molecule has 1 aliphatic heterocycles. The monoisotopic (exact) mass is 409 g/mol. The third kappa shape index (κ3) is 4.65. The van der Waals surface area contributed by atoms with E-state index in [1.165, 1.54) is 10.4 Å². The summed E-state index contributed by atoms with van der Waals surface area (Å²) >= 11 is 5.23. The van der Waals surface area contributed by atoms with Crippen LogP contribution in [-0.2, 0) is 0 Å². The van der Waals surface area contributed by atoms with E-state index in [-0.39, 0.29) is 24.8 Å². The summed E-state index contributed by atoms with van der Waals surface area (Å²) in [5.74, 6) is 0. The van der Waals surface area contributed by atoms with Gasteiger partial charge in [-0.3, -0.25) is 4.90 Å². The molecule has 3 rings (SSSR count). The van der Waals surface area contributed by atoms with E-state index in [0.717, 1.165) is 30.8 Å². The third-order valence-electron chi connectivity index (χ3n) is 3.40. The fourth-order valence-electron chi connectivity index (χ4n) is 2.49. The van der Waals surface area contributed by atoms with Crippen LogP contribution >= 0.6 is 52.1 Å². The fourth-order valence-corrected chi connectivity index (χ4v) is 3.61. The van der Waals surface area contributed by atoms with Crippen molar-refractivity contribution in [3.05, 3.63) is 50.9 Å². The summed E-state index contributed by atoms with van der Waals surface area (Å²) in [5.41, 5.74) is 1.27. The van der Waals surface area contributed by atoms with Gasteiger partial charge in [-0.2, -0.15) is 0 Å². The van der Waals surface area contributed by atoms with E-state index in [2.05, 4.69) is 54.7 Å². The predicted molar refractivity (Wildman–Crippen MR) is 97.0 cm³/mol. The minimum Gasteiger partial charge on any atom is -0.314 e. The lowest BCUT2D eigenvalue weighted by molar-refractivity contribution is 0.200. The van der Waals surface area contributed by atoms with Gasteiger partial charge in [0.2, 0.25) is 0 Å². The molecule has 0 radical (unpaired) electrons. The Morgan fingerprint density at radius 2 is 1.95 bits per heavy atom. The highest BCUT2D eigenvalue weighted by Gasteiger charge is 2.24. The van der Waals surface area contributed by atoms with Crippen molar-refractivity contribution in [2.45, 2.75) is 6.04 Å². The first-order valence-electron chi connectivity index (χ1n) is 6.44. The molecule has 3 nitrogen and oxygen atoms in total. The first kappa shape index (κ1) is 18.9. The van der Waals surface area contributed by atoms with Gasteiger partial charge in [0.15, 0.2) is 0 Å². The van der Waals surface area contributed by atoms with Gasteiger partial charge in [0.25, 0.3) is 0 Å². The van der Waals surface area contributed by atoms with E-state index in [1.54, 1.807) is 0 Å². The highest BCUT2D eigenvalue weighted by Crippen LogP contribution is 2.31. The Morgan fingerprint density at radius 1 is 1.19 bits per heavy atom. The van der Waals surface area contributed by atoms with Gasteiger partial charge in [0.05, 0.1) is 6.04 Å². The van der Waals surface area contributed by atoms with Gasteiger partial charge in [-0.1, -0.05) is 12.1 Å². The zero-order valence-electron chi connectivity index (χ0n) is 11.4. The minimum absolute atomic E-state index is 0. The number of thiophene rings is 1. The summed E-state index contributed by atoms with van der Waals surface area (Å²) in [6.45, 7) is 4.29. The maximum absolute atomic E-state index is 4.38. The van der Waals surface area contributed by atoms with Crippen LogP contribution in [-0.4, -0.2) is 36.1 Å². The lowest BCUT2D eigenvalue weighted by Gasteiger charge is -2.34. The van der Waals surface area contributed by atoms with E-state index in [4.69, 9.17) is 0 Å². The average Bonchev–Trinajstić information content (AvgIpc) is 2.96. The van der Waals surface area contributed by atoms with E-state index >= 15 is 0 Å². The average molecular weight is 411 g/mol. The van der Waals surface area contributed by atoms with Gasteiger partial charge in [-0.25, -0.2) is 4.98 Å². The molecular weight excluding hydrogens is 393 g/mol. The normalized spacial score (nSPS) is 16.6. The highest BCUT2D eigenvalue weighted by atomic mass is 79.9. The lowest BCUT2D eigenvalue weighted by Crippen LogP contribution is -2.45. The Hall–Kier alpha value is -0.170. The van der Waals surface area contributed by atoms with Crippen LogP contribution in [0.2, 0.25) is 0 Å². The molecule has 0 aromatic carbocycles. The molecule has 1 atom stereocenters. The molecular formula is C14H18BrCl2N3S. The summed E-state index contributed by atoms with van der Waals surface area (Å²) < 4.78 is 0.890. The van der Waals surface area contributed by atoms with Crippen LogP contribution in [0, 0.1) is 0 Å². The van der Waals surface area contributed by atoms with Gasteiger partial charge in [0, 0.05) is 37.3 Å². The number of rotatable bonds is 3. The van der Waals surface area contributed by atoms with Gasteiger partial charge >= 0.3 is 0 Å². The van der Waals surface area contributed by atoms with Crippen molar-refractivity contribution in [1.29, 1.82) is 0 Å². The van der Waals surface area contributed by atoms with Crippen LogP contribution in [0.4, 0.5) is 0 Å². The molecule has 0 spiro atoms. The third-order valence-corrected chi connectivity index (χ3v) is 4.79. The topological polar surface area (TPSA) is 28.2 Å². The minimum atomic E-state index is 0. The van der Waals surface area contributed by atoms with Gasteiger partial charge < -0.3 is 5.32 Å². The smallest absolute Gasteiger partial charge is 0.106 e. The van der Waals surface area contributed by atoms with Crippen molar-refractivity contribution in [3.63, 3.8) is 0 Å². The van der Waals surface area contributed by atoms with Crippen LogP contribution < -0.4 is 5.32 Å².